The van der Waals surface area contributed by atoms with E-state index in [1.807, 2.05) is 55.5 Å². The number of benzene rings is 1. The van der Waals surface area contributed by atoms with Crippen molar-refractivity contribution >= 4 is 34.6 Å². The van der Waals surface area contributed by atoms with Crippen LogP contribution in [0.4, 0.5) is 5.82 Å². The molecule has 0 aliphatic carbocycles. The molecule has 0 unspecified atom stereocenters. The molecule has 118 valence electrons. The van der Waals surface area contributed by atoms with Crippen LogP contribution >= 0.6 is 12.2 Å². The second-order valence-corrected chi connectivity index (χ2v) is 4.95. The van der Waals surface area contributed by atoms with E-state index in [0.717, 1.165) is 5.56 Å². The molecule has 0 spiro atoms. The minimum atomic E-state index is 0.439. The minimum Gasteiger partial charge on any atom is -0.364 e. The fourth-order valence-electron chi connectivity index (χ4n) is 1.74. The molecule has 1 aromatic carbocycles. The van der Waals surface area contributed by atoms with Crippen LogP contribution < -0.4 is 16.2 Å². The Morgan fingerprint density at radius 1 is 1.04 bits per heavy atom. The fourth-order valence-corrected chi connectivity index (χ4v) is 1.78. The van der Waals surface area contributed by atoms with Crippen LogP contribution in [0, 0.1) is 0 Å². The van der Waals surface area contributed by atoms with Gasteiger partial charge < -0.3 is 5.32 Å². The molecule has 0 amide bonds. The van der Waals surface area contributed by atoms with Gasteiger partial charge >= 0.3 is 0 Å². The van der Waals surface area contributed by atoms with Gasteiger partial charge in [0.2, 0.25) is 0 Å². The second kappa shape index (κ2) is 8.60. The fraction of sp³-hybridized carbons (Fsp3) is 0.125. The van der Waals surface area contributed by atoms with Gasteiger partial charge in [-0.25, -0.2) is 4.98 Å². The van der Waals surface area contributed by atoms with Gasteiger partial charge in [-0.15, -0.1) is 0 Å². The minimum absolute atomic E-state index is 0.439. The zero-order chi connectivity index (χ0) is 16.5. The molecule has 7 heteroatoms. The first-order valence-electron chi connectivity index (χ1n) is 7.03. The highest BCUT2D eigenvalue weighted by Gasteiger charge is 2.08. The number of anilines is 1. The van der Waals surface area contributed by atoms with Gasteiger partial charge in [-0.2, -0.15) is 10.2 Å². The highest BCUT2D eigenvalue weighted by Crippen LogP contribution is 2.06. The third-order valence-electron chi connectivity index (χ3n) is 2.89. The molecule has 6 nitrogen and oxygen atoms in total. The van der Waals surface area contributed by atoms with Crippen LogP contribution in [-0.4, -0.2) is 28.6 Å². The summed E-state index contributed by atoms with van der Waals surface area (Å²) in [6.07, 6.45) is 1.70. The molecule has 23 heavy (non-hydrogen) atoms. The maximum atomic E-state index is 5.02. The first kappa shape index (κ1) is 16.6. The largest absolute Gasteiger partial charge is 0.364 e. The van der Waals surface area contributed by atoms with Crippen LogP contribution in [0.5, 0.6) is 0 Å². The van der Waals surface area contributed by atoms with Crippen molar-refractivity contribution in [1.29, 1.82) is 0 Å². The van der Waals surface area contributed by atoms with Crippen molar-refractivity contribution in [3.05, 3.63) is 60.3 Å². The average molecular weight is 326 g/mol. The third kappa shape index (κ3) is 5.15. The molecule has 0 radical (unpaired) electrons. The summed E-state index contributed by atoms with van der Waals surface area (Å²) in [6, 6.07) is 15.4. The summed E-state index contributed by atoms with van der Waals surface area (Å²) in [5.41, 5.74) is 8.04. The summed E-state index contributed by atoms with van der Waals surface area (Å²) in [6.45, 7) is 1.86. The lowest BCUT2D eigenvalue weighted by atomic mass is 10.1. The van der Waals surface area contributed by atoms with Crippen molar-refractivity contribution in [2.75, 3.05) is 12.5 Å². The highest BCUT2D eigenvalue weighted by atomic mass is 32.1. The van der Waals surface area contributed by atoms with Gasteiger partial charge in [-0.1, -0.05) is 36.4 Å². The van der Waals surface area contributed by atoms with Gasteiger partial charge in [0.05, 0.1) is 5.71 Å². The molecule has 2 rings (SSSR count). The molecule has 0 atom stereocenters. The van der Waals surface area contributed by atoms with Gasteiger partial charge in [0.25, 0.3) is 0 Å². The molecule has 0 saturated heterocycles. The summed E-state index contributed by atoms with van der Waals surface area (Å²) in [5, 5.41) is 11.9. The van der Waals surface area contributed by atoms with Crippen molar-refractivity contribution in [2.24, 2.45) is 10.2 Å². The van der Waals surface area contributed by atoms with Gasteiger partial charge in [0.1, 0.15) is 11.5 Å². The number of hydrazone groups is 2. The molecule has 1 heterocycles. The molecule has 1 aromatic heterocycles. The Bertz CT molecular complexity index is 697. The third-order valence-corrected chi connectivity index (χ3v) is 3.18. The van der Waals surface area contributed by atoms with Crippen molar-refractivity contribution in [3.63, 3.8) is 0 Å². The first-order chi connectivity index (χ1) is 11.2. The Hall–Kier alpha value is -2.80. The molecule has 0 aliphatic rings. The number of nitrogens with one attached hydrogen (secondary N) is 3. The molecule has 2 aromatic rings. The summed E-state index contributed by atoms with van der Waals surface area (Å²) >= 11 is 5.02. The van der Waals surface area contributed by atoms with Crippen molar-refractivity contribution < 1.29 is 0 Å². The predicted octanol–water partition coefficient (Wildman–Crippen LogP) is 2.37. The average Bonchev–Trinajstić information content (AvgIpc) is 2.61. The second-order valence-electron chi connectivity index (χ2n) is 4.54. The van der Waals surface area contributed by atoms with Gasteiger partial charge in [0, 0.05) is 18.8 Å². The maximum absolute atomic E-state index is 5.02. The molecular weight excluding hydrogens is 308 g/mol. The van der Waals surface area contributed by atoms with E-state index >= 15 is 0 Å². The zero-order valence-electron chi connectivity index (χ0n) is 12.9. The lowest BCUT2D eigenvalue weighted by Gasteiger charge is -2.08. The molecular formula is C16H18N6S. The number of pyridine rings is 1. The number of hydrogen-bond donors (Lipinski definition) is 3. The van der Waals surface area contributed by atoms with E-state index in [4.69, 9.17) is 12.2 Å². The normalized spacial score (nSPS) is 11.7. The first-order valence-corrected chi connectivity index (χ1v) is 7.44. The number of hydrogen-bond acceptors (Lipinski definition) is 5. The predicted molar refractivity (Wildman–Crippen MR) is 98.7 cm³/mol. The van der Waals surface area contributed by atoms with E-state index < -0.39 is 0 Å². The van der Waals surface area contributed by atoms with Gasteiger partial charge in [-0.3, -0.25) is 10.9 Å². The van der Waals surface area contributed by atoms with E-state index in [-0.39, 0.29) is 0 Å². The number of nitrogens with zero attached hydrogens (tertiary/aromatic N) is 3. The van der Waals surface area contributed by atoms with Gasteiger partial charge in [0.15, 0.2) is 5.11 Å². The summed E-state index contributed by atoms with van der Waals surface area (Å²) in [5.74, 6) is 0.660. The number of aromatic nitrogens is 1. The Kier molecular flexibility index (Phi) is 6.19. The molecule has 0 aliphatic heterocycles. The van der Waals surface area contributed by atoms with E-state index in [0.29, 0.717) is 22.4 Å². The van der Waals surface area contributed by atoms with Gasteiger partial charge in [-0.05, 0) is 31.3 Å². The van der Waals surface area contributed by atoms with E-state index in [2.05, 4.69) is 31.4 Å². The van der Waals surface area contributed by atoms with E-state index in [1.165, 1.54) is 0 Å². The summed E-state index contributed by atoms with van der Waals surface area (Å²) < 4.78 is 0. The summed E-state index contributed by atoms with van der Waals surface area (Å²) in [7, 11) is 1.73. The SMILES string of the molecule is CNC(=S)NN=C(C)C(=NNc1ccccn1)c1ccccc1. The van der Waals surface area contributed by atoms with Crippen LogP contribution in [0.2, 0.25) is 0 Å². The van der Waals surface area contributed by atoms with Crippen molar-refractivity contribution in [2.45, 2.75) is 6.92 Å². The molecule has 0 fully saturated rings. The van der Waals surface area contributed by atoms with Crippen LogP contribution in [-0.2, 0) is 0 Å². The van der Waals surface area contributed by atoms with Crippen molar-refractivity contribution in [1.82, 2.24) is 15.7 Å². The van der Waals surface area contributed by atoms with Crippen LogP contribution in [0.15, 0.2) is 64.9 Å². The van der Waals surface area contributed by atoms with E-state index in [1.54, 1.807) is 13.2 Å². The topological polar surface area (TPSA) is 73.7 Å². The Labute approximate surface area is 140 Å². The van der Waals surface area contributed by atoms with Crippen molar-refractivity contribution in [3.8, 4) is 0 Å². The number of rotatable bonds is 5. The quantitative estimate of drug-likeness (QED) is 0.447. The molecule has 0 bridgehead atoms. The standard InChI is InChI=1S/C16H18N6S/c1-12(19-22-16(23)17-2)15(13-8-4-3-5-9-13)21-20-14-10-6-7-11-18-14/h3-11H,1-2H3,(H,18,20)(H2,17,22,23). The van der Waals surface area contributed by atoms with Crippen LogP contribution in [0.25, 0.3) is 0 Å². The Balaban J connectivity index is 2.27. The maximum Gasteiger partial charge on any atom is 0.186 e. The molecule has 0 saturated carbocycles. The van der Waals surface area contributed by atoms with Crippen LogP contribution in [0.3, 0.4) is 0 Å². The number of thiocarbonyl (C=S) groups is 1. The lowest BCUT2D eigenvalue weighted by molar-refractivity contribution is 0.976. The smallest absolute Gasteiger partial charge is 0.186 e. The van der Waals surface area contributed by atoms with Crippen LogP contribution in [0.1, 0.15) is 12.5 Å². The lowest BCUT2D eigenvalue weighted by Crippen LogP contribution is -2.30. The summed E-state index contributed by atoms with van der Waals surface area (Å²) in [4.78, 5) is 4.19. The zero-order valence-corrected chi connectivity index (χ0v) is 13.8. The Morgan fingerprint density at radius 2 is 1.78 bits per heavy atom. The highest BCUT2D eigenvalue weighted by molar-refractivity contribution is 7.80. The monoisotopic (exact) mass is 326 g/mol. The van der Waals surface area contributed by atoms with E-state index in [9.17, 15) is 0 Å². The Morgan fingerprint density at radius 3 is 2.43 bits per heavy atom. The molecule has 3 N–H and O–H groups in total.